The number of hydrogen-bond acceptors (Lipinski definition) is 7. The molecule has 178 valence electrons. The van der Waals surface area contributed by atoms with Crippen LogP contribution in [-0.4, -0.2) is 42.4 Å². The van der Waals surface area contributed by atoms with Crippen LogP contribution < -0.4 is 31.4 Å². The largest absolute Gasteiger partial charge is 0.490 e. The Hall–Kier alpha value is -4.05. The van der Waals surface area contributed by atoms with Crippen molar-refractivity contribution in [2.45, 2.75) is 19.5 Å². The van der Waals surface area contributed by atoms with Crippen LogP contribution in [0.4, 0.5) is 11.5 Å². The maximum Gasteiger partial charge on any atom is 0.330 e. The first-order valence-electron chi connectivity index (χ1n) is 10.9. The van der Waals surface area contributed by atoms with Crippen molar-refractivity contribution in [1.29, 1.82) is 0 Å². The summed E-state index contributed by atoms with van der Waals surface area (Å²) in [6.45, 7) is 1.67. The van der Waals surface area contributed by atoms with Crippen LogP contribution in [-0.2, 0) is 17.8 Å². The zero-order valence-corrected chi connectivity index (χ0v) is 18.8. The van der Waals surface area contributed by atoms with Crippen LogP contribution in [0.15, 0.2) is 58.1 Å². The number of nitrogens with zero attached hydrogens (tertiary/aromatic N) is 1. The highest BCUT2D eigenvalue weighted by Crippen LogP contribution is 2.31. The molecular formula is C24H26N4O6. The zero-order chi connectivity index (χ0) is 23.9. The Labute approximate surface area is 195 Å². The molecule has 0 saturated carbocycles. The van der Waals surface area contributed by atoms with Gasteiger partial charge in [-0.15, -0.1) is 0 Å². The van der Waals surface area contributed by atoms with Gasteiger partial charge in [0, 0.05) is 25.6 Å². The monoisotopic (exact) mass is 466 g/mol. The van der Waals surface area contributed by atoms with Crippen molar-refractivity contribution in [1.82, 2.24) is 9.55 Å². The van der Waals surface area contributed by atoms with Gasteiger partial charge in [-0.2, -0.15) is 0 Å². The van der Waals surface area contributed by atoms with Crippen molar-refractivity contribution in [3.05, 3.63) is 80.5 Å². The second kappa shape index (κ2) is 10.7. The lowest BCUT2D eigenvalue weighted by atomic mass is 10.2. The summed E-state index contributed by atoms with van der Waals surface area (Å²) >= 11 is 0. The smallest absolute Gasteiger partial charge is 0.330 e. The van der Waals surface area contributed by atoms with Crippen LogP contribution in [0.25, 0.3) is 0 Å². The van der Waals surface area contributed by atoms with Gasteiger partial charge in [-0.3, -0.25) is 19.1 Å². The van der Waals surface area contributed by atoms with E-state index >= 15 is 0 Å². The van der Waals surface area contributed by atoms with Crippen LogP contribution in [0, 0.1) is 0 Å². The fourth-order valence-electron chi connectivity index (χ4n) is 3.53. The molecule has 0 spiro atoms. The maximum absolute atomic E-state index is 13.2. The molecule has 0 aliphatic carbocycles. The molecule has 34 heavy (non-hydrogen) atoms. The average Bonchev–Trinajstić information content (AvgIpc) is 3.09. The Morgan fingerprint density at radius 1 is 1.09 bits per heavy atom. The van der Waals surface area contributed by atoms with E-state index in [-0.39, 0.29) is 24.7 Å². The van der Waals surface area contributed by atoms with Crippen molar-refractivity contribution in [3.63, 3.8) is 0 Å². The van der Waals surface area contributed by atoms with E-state index < -0.39 is 17.2 Å². The summed E-state index contributed by atoms with van der Waals surface area (Å²) in [7, 11) is 1.50. The quantitative estimate of drug-likeness (QED) is 0.465. The lowest BCUT2D eigenvalue weighted by molar-refractivity contribution is 0.102. The molecule has 0 fully saturated rings. The molecule has 1 aromatic heterocycles. The number of hydrogen-bond donors (Lipinski definition) is 3. The van der Waals surface area contributed by atoms with E-state index in [9.17, 15) is 14.4 Å². The third-order valence-electron chi connectivity index (χ3n) is 5.27. The summed E-state index contributed by atoms with van der Waals surface area (Å²) < 4.78 is 17.7. The van der Waals surface area contributed by atoms with Gasteiger partial charge in [0.25, 0.3) is 11.5 Å². The molecule has 3 aromatic rings. The SMILES string of the molecule is COCCn1c(NC(=O)c2ccc3c(c2)OCCCO3)c(NCc2ccccc2)c(=O)[nH]c1=O. The molecule has 0 radical (unpaired) electrons. The topological polar surface area (TPSA) is 124 Å². The number of carbonyl (C=O) groups excluding carboxylic acids is 1. The summed E-state index contributed by atoms with van der Waals surface area (Å²) in [6, 6.07) is 14.3. The maximum atomic E-state index is 13.2. The van der Waals surface area contributed by atoms with Gasteiger partial charge in [-0.1, -0.05) is 30.3 Å². The number of aromatic amines is 1. The molecule has 1 amide bonds. The fourth-order valence-corrected chi connectivity index (χ4v) is 3.53. The van der Waals surface area contributed by atoms with E-state index in [0.29, 0.717) is 36.8 Å². The molecule has 4 rings (SSSR count). The third-order valence-corrected chi connectivity index (χ3v) is 5.27. The summed E-state index contributed by atoms with van der Waals surface area (Å²) in [5.74, 6) is 0.580. The first kappa shape index (κ1) is 23.1. The van der Waals surface area contributed by atoms with Gasteiger partial charge < -0.3 is 24.8 Å². The highest BCUT2D eigenvalue weighted by Gasteiger charge is 2.20. The first-order valence-corrected chi connectivity index (χ1v) is 10.9. The number of benzene rings is 2. The number of nitrogens with one attached hydrogen (secondary N) is 3. The normalized spacial score (nSPS) is 12.6. The van der Waals surface area contributed by atoms with E-state index in [2.05, 4.69) is 15.6 Å². The summed E-state index contributed by atoms with van der Waals surface area (Å²) in [6.07, 6.45) is 0.741. The molecule has 1 aliphatic heterocycles. The van der Waals surface area contributed by atoms with Gasteiger partial charge in [-0.05, 0) is 23.8 Å². The highest BCUT2D eigenvalue weighted by molar-refractivity contribution is 6.05. The van der Waals surface area contributed by atoms with Crippen LogP contribution in [0.3, 0.4) is 0 Å². The Balaban J connectivity index is 1.68. The number of carbonyl (C=O) groups is 1. The second-order valence-corrected chi connectivity index (χ2v) is 7.63. The Kier molecular flexibility index (Phi) is 7.28. The van der Waals surface area contributed by atoms with Crippen LogP contribution in [0.5, 0.6) is 11.5 Å². The van der Waals surface area contributed by atoms with Crippen LogP contribution in [0.1, 0.15) is 22.3 Å². The van der Waals surface area contributed by atoms with Crippen LogP contribution >= 0.6 is 0 Å². The molecule has 0 saturated heterocycles. The van der Waals surface area contributed by atoms with Gasteiger partial charge in [0.1, 0.15) is 11.5 Å². The van der Waals surface area contributed by atoms with Crippen molar-refractivity contribution in [2.75, 3.05) is 37.6 Å². The van der Waals surface area contributed by atoms with Crippen molar-refractivity contribution < 1.29 is 19.0 Å². The molecule has 10 heteroatoms. The number of ether oxygens (including phenoxy) is 3. The predicted molar refractivity (Wildman–Crippen MR) is 127 cm³/mol. The lowest BCUT2D eigenvalue weighted by Gasteiger charge is -2.18. The average molecular weight is 466 g/mol. The van der Waals surface area contributed by atoms with E-state index in [1.54, 1.807) is 18.2 Å². The van der Waals surface area contributed by atoms with Crippen molar-refractivity contribution in [3.8, 4) is 11.5 Å². The first-order chi connectivity index (χ1) is 16.6. The summed E-state index contributed by atoms with van der Waals surface area (Å²) in [5, 5.41) is 5.79. The fraction of sp³-hybridized carbons (Fsp3) is 0.292. The lowest BCUT2D eigenvalue weighted by Crippen LogP contribution is -2.36. The van der Waals surface area contributed by atoms with Crippen molar-refractivity contribution in [2.24, 2.45) is 0 Å². The summed E-state index contributed by atoms with van der Waals surface area (Å²) in [5.41, 5.74) is 0.00748. The zero-order valence-electron chi connectivity index (χ0n) is 18.8. The second-order valence-electron chi connectivity index (χ2n) is 7.63. The van der Waals surface area contributed by atoms with Crippen molar-refractivity contribution >= 4 is 17.4 Å². The number of rotatable bonds is 8. The van der Waals surface area contributed by atoms with E-state index in [1.807, 2.05) is 30.3 Å². The molecule has 0 atom stereocenters. The Bertz CT molecular complexity index is 1270. The minimum Gasteiger partial charge on any atom is -0.490 e. The highest BCUT2D eigenvalue weighted by atomic mass is 16.5. The number of H-pyrrole nitrogens is 1. The number of methoxy groups -OCH3 is 1. The third kappa shape index (κ3) is 5.29. The Morgan fingerprint density at radius 2 is 1.85 bits per heavy atom. The molecule has 10 nitrogen and oxygen atoms in total. The van der Waals surface area contributed by atoms with Gasteiger partial charge in [0.05, 0.1) is 26.4 Å². The predicted octanol–water partition coefficient (Wildman–Crippen LogP) is 2.21. The Morgan fingerprint density at radius 3 is 2.62 bits per heavy atom. The number of aromatic nitrogens is 2. The van der Waals surface area contributed by atoms with Gasteiger partial charge in [0.15, 0.2) is 11.5 Å². The van der Waals surface area contributed by atoms with Gasteiger partial charge in [0.2, 0.25) is 0 Å². The molecule has 2 heterocycles. The molecule has 0 bridgehead atoms. The standard InChI is InChI=1S/C24H26N4O6/c1-32-13-10-28-21(20(23(30)27-24(28)31)25-15-16-6-3-2-4-7-16)26-22(29)17-8-9-18-19(14-17)34-12-5-11-33-18/h2-4,6-9,14,25H,5,10-13,15H2,1H3,(H,26,29)(H,27,30,31). The molecule has 1 aliphatic rings. The van der Waals surface area contributed by atoms with E-state index in [0.717, 1.165) is 12.0 Å². The van der Waals surface area contributed by atoms with Gasteiger partial charge >= 0.3 is 5.69 Å². The number of anilines is 2. The molecule has 3 N–H and O–H groups in total. The minimum atomic E-state index is -0.652. The van der Waals surface area contributed by atoms with E-state index in [1.165, 1.54) is 11.7 Å². The van der Waals surface area contributed by atoms with Crippen LogP contribution in [0.2, 0.25) is 0 Å². The van der Waals surface area contributed by atoms with Gasteiger partial charge in [-0.25, -0.2) is 4.79 Å². The minimum absolute atomic E-state index is 0.0545. The van der Waals surface area contributed by atoms with E-state index in [4.69, 9.17) is 14.2 Å². The molecule has 2 aromatic carbocycles. The number of fused-ring (bicyclic) bond motifs is 1. The molecular weight excluding hydrogens is 440 g/mol. The molecule has 0 unspecified atom stereocenters. The summed E-state index contributed by atoms with van der Waals surface area (Å²) in [4.78, 5) is 40.7. The number of amides is 1.